The number of hydrogen-bond acceptors (Lipinski definition) is 3. The zero-order valence-electron chi connectivity index (χ0n) is 8.91. The summed E-state index contributed by atoms with van der Waals surface area (Å²) < 4.78 is 6.80. The number of aromatic nitrogens is 2. The third kappa shape index (κ3) is 1.91. The predicted octanol–water partition coefficient (Wildman–Crippen LogP) is 3.71. The first-order chi connectivity index (χ1) is 8.65. The second-order valence-electron chi connectivity index (χ2n) is 3.68. The van der Waals surface area contributed by atoms with Gasteiger partial charge in [-0.1, -0.05) is 15.9 Å². The highest BCUT2D eigenvalue weighted by molar-refractivity contribution is 9.11. The van der Waals surface area contributed by atoms with Crippen LogP contribution in [0.3, 0.4) is 0 Å². The Balaban J connectivity index is 2.38. The van der Waals surface area contributed by atoms with E-state index in [9.17, 15) is 4.79 Å². The monoisotopic (exact) mass is 368 g/mol. The summed E-state index contributed by atoms with van der Waals surface area (Å²) in [4.78, 5) is 19.1. The molecule has 0 aliphatic rings. The van der Waals surface area contributed by atoms with Crippen LogP contribution in [-0.2, 0) is 0 Å². The minimum Gasteiger partial charge on any atom is -0.461 e. The second-order valence-corrected chi connectivity index (χ2v) is 5.45. The summed E-state index contributed by atoms with van der Waals surface area (Å²) in [5, 5.41) is 0.520. The Labute approximate surface area is 118 Å². The van der Waals surface area contributed by atoms with E-state index in [1.165, 1.54) is 6.26 Å². The molecule has 90 valence electrons. The van der Waals surface area contributed by atoms with Gasteiger partial charge in [-0.2, -0.15) is 0 Å². The van der Waals surface area contributed by atoms with Crippen LogP contribution < -0.4 is 5.56 Å². The van der Waals surface area contributed by atoms with Crippen molar-refractivity contribution in [1.29, 1.82) is 0 Å². The van der Waals surface area contributed by atoms with Gasteiger partial charge in [0, 0.05) is 8.95 Å². The van der Waals surface area contributed by atoms with Crippen LogP contribution in [0.2, 0.25) is 0 Å². The Morgan fingerprint density at radius 2 is 2.11 bits per heavy atom. The van der Waals surface area contributed by atoms with Gasteiger partial charge in [0.2, 0.25) is 0 Å². The first kappa shape index (κ1) is 11.7. The normalized spacial score (nSPS) is 11.0. The zero-order chi connectivity index (χ0) is 12.7. The lowest BCUT2D eigenvalue weighted by molar-refractivity contribution is 0.577. The standard InChI is InChI=1S/C12H6Br2N2O2/c13-6-4-7-10(8(14)5-6)15-11(16-12(7)17)9-2-1-3-18-9/h1-5H,(H,15,16,17). The van der Waals surface area contributed by atoms with Crippen molar-refractivity contribution in [3.8, 4) is 11.6 Å². The van der Waals surface area contributed by atoms with Gasteiger partial charge < -0.3 is 9.40 Å². The van der Waals surface area contributed by atoms with Crippen LogP contribution in [0.25, 0.3) is 22.5 Å². The average Bonchev–Trinajstić information content (AvgIpc) is 2.83. The van der Waals surface area contributed by atoms with Crippen molar-refractivity contribution in [2.45, 2.75) is 0 Å². The van der Waals surface area contributed by atoms with Crippen molar-refractivity contribution in [2.75, 3.05) is 0 Å². The number of aromatic amines is 1. The largest absolute Gasteiger partial charge is 0.461 e. The van der Waals surface area contributed by atoms with E-state index in [2.05, 4.69) is 41.8 Å². The quantitative estimate of drug-likeness (QED) is 0.711. The van der Waals surface area contributed by atoms with Crippen LogP contribution in [0, 0.1) is 0 Å². The fourth-order valence-corrected chi connectivity index (χ4v) is 3.01. The van der Waals surface area contributed by atoms with Crippen LogP contribution >= 0.6 is 31.9 Å². The lowest BCUT2D eigenvalue weighted by Crippen LogP contribution is -2.09. The van der Waals surface area contributed by atoms with Gasteiger partial charge in [0.15, 0.2) is 11.6 Å². The Hall–Kier alpha value is -1.40. The Bertz CT molecular complexity index is 779. The summed E-state index contributed by atoms with van der Waals surface area (Å²) in [5.41, 5.74) is 0.404. The predicted molar refractivity (Wildman–Crippen MR) is 75.5 cm³/mol. The molecular formula is C12H6Br2N2O2. The molecule has 0 spiro atoms. The number of rotatable bonds is 1. The molecule has 1 N–H and O–H groups in total. The van der Waals surface area contributed by atoms with E-state index < -0.39 is 0 Å². The van der Waals surface area contributed by atoms with E-state index in [1.54, 1.807) is 18.2 Å². The van der Waals surface area contributed by atoms with Crippen molar-refractivity contribution in [2.24, 2.45) is 0 Å². The van der Waals surface area contributed by atoms with Crippen molar-refractivity contribution in [3.05, 3.63) is 49.8 Å². The highest BCUT2D eigenvalue weighted by atomic mass is 79.9. The molecule has 2 aromatic heterocycles. The molecule has 0 saturated carbocycles. The molecular weight excluding hydrogens is 364 g/mol. The maximum Gasteiger partial charge on any atom is 0.259 e. The fourth-order valence-electron chi connectivity index (χ4n) is 1.70. The molecule has 0 unspecified atom stereocenters. The maximum atomic E-state index is 12.0. The first-order valence-corrected chi connectivity index (χ1v) is 6.67. The SMILES string of the molecule is O=c1[nH]c(-c2ccco2)nc2c(Br)cc(Br)cc12. The molecule has 0 saturated heterocycles. The lowest BCUT2D eigenvalue weighted by Gasteiger charge is -2.03. The molecule has 0 aliphatic heterocycles. The molecule has 6 heteroatoms. The third-order valence-corrected chi connectivity index (χ3v) is 3.55. The zero-order valence-corrected chi connectivity index (χ0v) is 12.1. The molecule has 0 radical (unpaired) electrons. The molecule has 0 aliphatic carbocycles. The number of nitrogens with one attached hydrogen (secondary N) is 1. The molecule has 4 nitrogen and oxygen atoms in total. The summed E-state index contributed by atoms with van der Waals surface area (Å²) in [6.45, 7) is 0. The molecule has 1 aromatic carbocycles. The summed E-state index contributed by atoms with van der Waals surface area (Å²) in [7, 11) is 0. The molecule has 18 heavy (non-hydrogen) atoms. The molecule has 0 bridgehead atoms. The number of H-pyrrole nitrogens is 1. The fraction of sp³-hybridized carbons (Fsp3) is 0. The van der Waals surface area contributed by atoms with Crippen molar-refractivity contribution < 1.29 is 4.42 Å². The minimum absolute atomic E-state index is 0.201. The van der Waals surface area contributed by atoms with Crippen LogP contribution in [-0.4, -0.2) is 9.97 Å². The van der Waals surface area contributed by atoms with Gasteiger partial charge in [0.1, 0.15) is 0 Å². The summed E-state index contributed by atoms with van der Waals surface area (Å²) in [5.74, 6) is 0.948. The molecule has 2 heterocycles. The highest BCUT2D eigenvalue weighted by Gasteiger charge is 2.10. The van der Waals surface area contributed by atoms with Gasteiger partial charge in [-0.05, 0) is 40.2 Å². The molecule has 0 atom stereocenters. The Morgan fingerprint density at radius 3 is 2.83 bits per heavy atom. The number of nitrogens with zero attached hydrogens (tertiary/aromatic N) is 1. The van der Waals surface area contributed by atoms with Gasteiger partial charge in [0.25, 0.3) is 5.56 Å². The van der Waals surface area contributed by atoms with E-state index in [4.69, 9.17) is 4.42 Å². The van der Waals surface area contributed by atoms with Crippen molar-refractivity contribution in [3.63, 3.8) is 0 Å². The van der Waals surface area contributed by atoms with E-state index in [-0.39, 0.29) is 5.56 Å². The molecule has 3 rings (SSSR count). The van der Waals surface area contributed by atoms with E-state index in [0.29, 0.717) is 22.5 Å². The second kappa shape index (κ2) is 4.37. The highest BCUT2D eigenvalue weighted by Crippen LogP contribution is 2.26. The summed E-state index contributed by atoms with van der Waals surface area (Å²) in [6, 6.07) is 7.07. The average molecular weight is 370 g/mol. The number of benzene rings is 1. The number of halogens is 2. The first-order valence-electron chi connectivity index (χ1n) is 5.08. The minimum atomic E-state index is -0.201. The van der Waals surface area contributed by atoms with Crippen molar-refractivity contribution in [1.82, 2.24) is 9.97 Å². The van der Waals surface area contributed by atoms with Gasteiger partial charge in [-0.3, -0.25) is 4.79 Å². The molecule has 0 amide bonds. The van der Waals surface area contributed by atoms with Gasteiger partial charge in [-0.25, -0.2) is 4.98 Å². The lowest BCUT2D eigenvalue weighted by atomic mass is 10.2. The van der Waals surface area contributed by atoms with Gasteiger partial charge in [-0.15, -0.1) is 0 Å². The Morgan fingerprint density at radius 1 is 1.28 bits per heavy atom. The third-order valence-electron chi connectivity index (χ3n) is 2.48. The maximum absolute atomic E-state index is 12.0. The summed E-state index contributed by atoms with van der Waals surface area (Å²) >= 11 is 6.75. The molecule has 3 aromatic rings. The molecule has 0 fully saturated rings. The van der Waals surface area contributed by atoms with Gasteiger partial charge >= 0.3 is 0 Å². The van der Waals surface area contributed by atoms with Gasteiger partial charge in [0.05, 0.1) is 17.2 Å². The topological polar surface area (TPSA) is 58.9 Å². The summed E-state index contributed by atoms with van der Waals surface area (Å²) in [6.07, 6.45) is 1.54. The van der Waals surface area contributed by atoms with Crippen LogP contribution in [0.15, 0.2) is 48.7 Å². The van der Waals surface area contributed by atoms with Crippen molar-refractivity contribution >= 4 is 42.8 Å². The number of fused-ring (bicyclic) bond motifs is 1. The van der Waals surface area contributed by atoms with Crippen LogP contribution in [0.1, 0.15) is 0 Å². The van der Waals surface area contributed by atoms with E-state index in [0.717, 1.165) is 8.95 Å². The Kier molecular flexibility index (Phi) is 2.83. The number of furan rings is 1. The smallest absolute Gasteiger partial charge is 0.259 e. The van der Waals surface area contributed by atoms with E-state index >= 15 is 0 Å². The van der Waals surface area contributed by atoms with Crippen LogP contribution in [0.5, 0.6) is 0 Å². The van der Waals surface area contributed by atoms with E-state index in [1.807, 2.05) is 6.07 Å². The van der Waals surface area contributed by atoms with Crippen LogP contribution in [0.4, 0.5) is 0 Å². The number of hydrogen-bond donors (Lipinski definition) is 1.